The molecule has 1 aliphatic carbocycles. The summed E-state index contributed by atoms with van der Waals surface area (Å²) in [5, 5.41) is 0. The SMILES string of the molecule is Cc1nc2c(o1)C(C)(C)CC2(C)C. The molecule has 1 aromatic heterocycles. The molecule has 72 valence electrons. The zero-order valence-corrected chi connectivity index (χ0v) is 9.06. The summed E-state index contributed by atoms with van der Waals surface area (Å²) in [4.78, 5) is 4.47. The van der Waals surface area contributed by atoms with E-state index in [1.807, 2.05) is 6.92 Å². The summed E-state index contributed by atoms with van der Waals surface area (Å²) in [5.41, 5.74) is 1.49. The van der Waals surface area contributed by atoms with Crippen molar-refractivity contribution in [3.05, 3.63) is 17.3 Å². The number of fused-ring (bicyclic) bond motifs is 1. The molecule has 1 aliphatic rings. The average Bonchev–Trinajstić information content (AvgIpc) is 2.34. The number of aryl methyl sites for hydroxylation is 1. The molecule has 1 aromatic rings. The van der Waals surface area contributed by atoms with E-state index in [1.54, 1.807) is 0 Å². The Morgan fingerprint density at radius 1 is 1.15 bits per heavy atom. The summed E-state index contributed by atoms with van der Waals surface area (Å²) in [6, 6.07) is 0. The van der Waals surface area contributed by atoms with Crippen LogP contribution in [0, 0.1) is 6.92 Å². The van der Waals surface area contributed by atoms with Gasteiger partial charge in [-0.15, -0.1) is 0 Å². The third-order valence-electron chi connectivity index (χ3n) is 2.87. The Balaban J connectivity index is 2.63. The van der Waals surface area contributed by atoms with Crippen LogP contribution in [0.2, 0.25) is 0 Å². The van der Waals surface area contributed by atoms with E-state index >= 15 is 0 Å². The second-order valence-corrected chi connectivity index (χ2v) is 5.36. The van der Waals surface area contributed by atoms with Gasteiger partial charge in [0.1, 0.15) is 5.76 Å². The Hall–Kier alpha value is -0.790. The summed E-state index contributed by atoms with van der Waals surface area (Å²) in [7, 11) is 0. The van der Waals surface area contributed by atoms with Gasteiger partial charge in [-0.3, -0.25) is 0 Å². The smallest absolute Gasteiger partial charge is 0.191 e. The lowest BCUT2D eigenvalue weighted by atomic mass is 9.83. The Morgan fingerprint density at radius 2 is 1.77 bits per heavy atom. The average molecular weight is 179 g/mol. The summed E-state index contributed by atoms with van der Waals surface area (Å²) < 4.78 is 5.67. The van der Waals surface area contributed by atoms with Crippen LogP contribution in [0.4, 0.5) is 0 Å². The topological polar surface area (TPSA) is 26.0 Å². The number of nitrogens with zero attached hydrogens (tertiary/aromatic N) is 1. The Kier molecular flexibility index (Phi) is 1.47. The lowest BCUT2D eigenvalue weighted by molar-refractivity contribution is 0.337. The molecule has 0 fully saturated rings. The van der Waals surface area contributed by atoms with Crippen LogP contribution in [0.25, 0.3) is 0 Å². The molecular formula is C11H17NO. The van der Waals surface area contributed by atoms with Crippen molar-refractivity contribution in [2.24, 2.45) is 0 Å². The predicted molar refractivity (Wildman–Crippen MR) is 51.9 cm³/mol. The first kappa shape index (κ1) is 8.79. The van der Waals surface area contributed by atoms with Gasteiger partial charge in [0.05, 0.1) is 5.69 Å². The molecule has 0 spiro atoms. The van der Waals surface area contributed by atoms with Crippen molar-refractivity contribution >= 4 is 0 Å². The monoisotopic (exact) mass is 179 g/mol. The summed E-state index contributed by atoms with van der Waals surface area (Å²) in [6.45, 7) is 10.9. The molecule has 0 aliphatic heterocycles. The van der Waals surface area contributed by atoms with Gasteiger partial charge < -0.3 is 4.42 Å². The largest absolute Gasteiger partial charge is 0.445 e. The summed E-state index contributed by atoms with van der Waals surface area (Å²) in [6.07, 6.45) is 1.13. The van der Waals surface area contributed by atoms with Crippen molar-refractivity contribution in [2.45, 2.75) is 51.9 Å². The van der Waals surface area contributed by atoms with Crippen molar-refractivity contribution in [3.8, 4) is 0 Å². The fourth-order valence-corrected chi connectivity index (χ4v) is 2.61. The van der Waals surface area contributed by atoms with Crippen molar-refractivity contribution < 1.29 is 4.42 Å². The second kappa shape index (κ2) is 2.17. The fourth-order valence-electron chi connectivity index (χ4n) is 2.61. The molecule has 0 saturated heterocycles. The van der Waals surface area contributed by atoms with Crippen LogP contribution in [0.5, 0.6) is 0 Å². The van der Waals surface area contributed by atoms with Gasteiger partial charge in [-0.05, 0) is 6.42 Å². The van der Waals surface area contributed by atoms with Crippen LogP contribution in [-0.2, 0) is 10.8 Å². The lowest BCUT2D eigenvalue weighted by Gasteiger charge is -2.21. The van der Waals surface area contributed by atoms with Gasteiger partial charge in [-0.25, -0.2) is 4.98 Å². The van der Waals surface area contributed by atoms with Crippen LogP contribution < -0.4 is 0 Å². The van der Waals surface area contributed by atoms with E-state index in [4.69, 9.17) is 4.42 Å². The lowest BCUT2D eigenvalue weighted by Crippen LogP contribution is -2.19. The minimum atomic E-state index is 0.153. The highest BCUT2D eigenvalue weighted by atomic mass is 16.4. The second-order valence-electron chi connectivity index (χ2n) is 5.36. The van der Waals surface area contributed by atoms with Crippen LogP contribution in [0.3, 0.4) is 0 Å². The van der Waals surface area contributed by atoms with Gasteiger partial charge in [-0.2, -0.15) is 0 Å². The molecule has 0 bridgehead atoms. The molecule has 2 nitrogen and oxygen atoms in total. The van der Waals surface area contributed by atoms with Crippen LogP contribution >= 0.6 is 0 Å². The first-order valence-electron chi connectivity index (χ1n) is 4.81. The summed E-state index contributed by atoms with van der Waals surface area (Å²) >= 11 is 0. The molecule has 2 heteroatoms. The maximum atomic E-state index is 5.67. The zero-order chi connectivity index (χ0) is 9.85. The third kappa shape index (κ3) is 1.11. The quantitative estimate of drug-likeness (QED) is 0.612. The highest BCUT2D eigenvalue weighted by Gasteiger charge is 2.46. The van der Waals surface area contributed by atoms with Crippen LogP contribution in [-0.4, -0.2) is 4.98 Å². The van der Waals surface area contributed by atoms with Crippen LogP contribution in [0.15, 0.2) is 4.42 Å². The Morgan fingerprint density at radius 3 is 2.31 bits per heavy atom. The van der Waals surface area contributed by atoms with Crippen LogP contribution in [0.1, 0.15) is 51.5 Å². The molecule has 1 heterocycles. The van der Waals surface area contributed by atoms with Gasteiger partial charge in [0.2, 0.25) is 0 Å². The highest BCUT2D eigenvalue weighted by Crippen LogP contribution is 2.48. The van der Waals surface area contributed by atoms with E-state index in [-0.39, 0.29) is 10.8 Å². The van der Waals surface area contributed by atoms with Crippen molar-refractivity contribution in [3.63, 3.8) is 0 Å². The van der Waals surface area contributed by atoms with Gasteiger partial charge in [0, 0.05) is 17.8 Å². The van der Waals surface area contributed by atoms with E-state index < -0.39 is 0 Å². The highest BCUT2D eigenvalue weighted by molar-refractivity contribution is 5.33. The maximum Gasteiger partial charge on any atom is 0.191 e. The first-order valence-corrected chi connectivity index (χ1v) is 4.81. The molecule has 0 atom stereocenters. The minimum Gasteiger partial charge on any atom is -0.445 e. The van der Waals surface area contributed by atoms with E-state index in [0.29, 0.717) is 0 Å². The number of oxazole rings is 1. The summed E-state index contributed by atoms with van der Waals surface area (Å²) in [5.74, 6) is 1.89. The molecule has 0 aromatic carbocycles. The number of hydrogen-bond acceptors (Lipinski definition) is 2. The zero-order valence-electron chi connectivity index (χ0n) is 9.06. The fraction of sp³-hybridized carbons (Fsp3) is 0.727. The number of rotatable bonds is 0. The maximum absolute atomic E-state index is 5.67. The van der Waals surface area contributed by atoms with E-state index in [2.05, 4.69) is 32.7 Å². The normalized spacial score (nSPS) is 23.2. The number of hydrogen-bond donors (Lipinski definition) is 0. The Bertz CT molecular complexity index is 315. The standard InChI is InChI=1S/C11H17NO/c1-7-12-8-9(13-7)11(4,5)6-10(8,2)3/h6H2,1-5H3. The molecule has 0 amide bonds. The van der Waals surface area contributed by atoms with Crippen molar-refractivity contribution in [1.29, 1.82) is 0 Å². The first-order chi connectivity index (χ1) is 5.83. The molecular weight excluding hydrogens is 162 g/mol. The molecule has 0 N–H and O–H groups in total. The molecule has 13 heavy (non-hydrogen) atoms. The van der Waals surface area contributed by atoms with Gasteiger partial charge in [0.25, 0.3) is 0 Å². The molecule has 0 saturated carbocycles. The minimum absolute atomic E-state index is 0.153. The van der Waals surface area contributed by atoms with Gasteiger partial charge in [-0.1, -0.05) is 27.7 Å². The van der Waals surface area contributed by atoms with E-state index in [0.717, 1.165) is 23.8 Å². The van der Waals surface area contributed by atoms with Crippen molar-refractivity contribution in [2.75, 3.05) is 0 Å². The molecule has 2 rings (SSSR count). The van der Waals surface area contributed by atoms with Crippen molar-refractivity contribution in [1.82, 2.24) is 4.98 Å². The Labute approximate surface area is 79.4 Å². The number of aromatic nitrogens is 1. The predicted octanol–water partition coefficient (Wildman–Crippen LogP) is 2.94. The molecule has 0 radical (unpaired) electrons. The van der Waals surface area contributed by atoms with Gasteiger partial charge >= 0.3 is 0 Å². The van der Waals surface area contributed by atoms with Gasteiger partial charge in [0.15, 0.2) is 5.89 Å². The molecule has 0 unspecified atom stereocenters. The van der Waals surface area contributed by atoms with E-state index in [9.17, 15) is 0 Å². The van der Waals surface area contributed by atoms with E-state index in [1.165, 1.54) is 0 Å². The third-order valence-corrected chi connectivity index (χ3v) is 2.87.